The van der Waals surface area contributed by atoms with Gasteiger partial charge in [-0.1, -0.05) is 0 Å². The fourth-order valence-electron chi connectivity index (χ4n) is 3.07. The first kappa shape index (κ1) is 14.1. The minimum absolute atomic E-state index is 0.0193. The monoisotopic (exact) mass is 341 g/mol. The van der Waals surface area contributed by atoms with Gasteiger partial charge in [-0.2, -0.15) is 0 Å². The van der Waals surface area contributed by atoms with Gasteiger partial charge in [0, 0.05) is 50.9 Å². The van der Waals surface area contributed by atoms with Crippen LogP contribution in [0.25, 0.3) is 0 Å². The van der Waals surface area contributed by atoms with Gasteiger partial charge >= 0.3 is 0 Å². The molecule has 2 aliphatic rings. The summed E-state index contributed by atoms with van der Waals surface area (Å²) in [5.41, 5.74) is 0.896. The van der Waals surface area contributed by atoms with Crippen LogP contribution in [0.5, 0.6) is 0 Å². The van der Waals surface area contributed by atoms with Crippen LogP contribution in [0.2, 0.25) is 0 Å². The van der Waals surface area contributed by atoms with Crippen LogP contribution in [0, 0.1) is 6.92 Å². The van der Waals surface area contributed by atoms with E-state index in [-0.39, 0.29) is 5.91 Å². The standard InChI is InChI=1S/C14H20BrN3O2/c1-10-8-12(15)20-13(10)14(19)18-5-2-11(9-18)17-6-3-16-4-7-17/h8,11,16H,2-7,9H2,1H3. The Labute approximate surface area is 127 Å². The minimum atomic E-state index is 0.0193. The lowest BCUT2D eigenvalue weighted by molar-refractivity contribution is 0.0740. The molecule has 3 rings (SSSR count). The molecule has 0 saturated carbocycles. The maximum atomic E-state index is 12.5. The van der Waals surface area contributed by atoms with Gasteiger partial charge in [-0.25, -0.2) is 0 Å². The number of piperazine rings is 1. The minimum Gasteiger partial charge on any atom is -0.444 e. The summed E-state index contributed by atoms with van der Waals surface area (Å²) in [6.45, 7) is 7.81. The highest BCUT2D eigenvalue weighted by atomic mass is 79.9. The topological polar surface area (TPSA) is 48.7 Å². The summed E-state index contributed by atoms with van der Waals surface area (Å²) in [5, 5.41) is 3.37. The maximum absolute atomic E-state index is 12.5. The van der Waals surface area contributed by atoms with Gasteiger partial charge in [0.2, 0.25) is 0 Å². The Morgan fingerprint density at radius 2 is 2.15 bits per heavy atom. The van der Waals surface area contributed by atoms with Gasteiger partial charge in [0.25, 0.3) is 5.91 Å². The van der Waals surface area contributed by atoms with Crippen LogP contribution in [-0.2, 0) is 0 Å². The van der Waals surface area contributed by atoms with Gasteiger partial charge in [0.15, 0.2) is 10.4 Å². The van der Waals surface area contributed by atoms with Crippen molar-refractivity contribution in [3.05, 3.63) is 22.1 Å². The fraction of sp³-hybridized carbons (Fsp3) is 0.643. The highest BCUT2D eigenvalue weighted by Crippen LogP contribution is 2.24. The molecule has 110 valence electrons. The van der Waals surface area contributed by atoms with E-state index in [9.17, 15) is 4.79 Å². The molecule has 3 heterocycles. The Balaban J connectivity index is 1.64. The van der Waals surface area contributed by atoms with Crippen LogP contribution in [-0.4, -0.2) is 61.0 Å². The van der Waals surface area contributed by atoms with Crippen molar-refractivity contribution < 1.29 is 9.21 Å². The third-order valence-electron chi connectivity index (χ3n) is 4.20. The largest absolute Gasteiger partial charge is 0.444 e. The number of nitrogens with zero attached hydrogens (tertiary/aromatic N) is 2. The molecule has 1 unspecified atom stereocenters. The second-order valence-electron chi connectivity index (χ2n) is 5.54. The van der Waals surface area contributed by atoms with Crippen LogP contribution >= 0.6 is 15.9 Å². The van der Waals surface area contributed by atoms with Gasteiger partial charge in [0.1, 0.15) is 0 Å². The molecule has 0 aromatic carbocycles. The summed E-state index contributed by atoms with van der Waals surface area (Å²) < 4.78 is 6.09. The highest BCUT2D eigenvalue weighted by molar-refractivity contribution is 9.10. The molecular weight excluding hydrogens is 322 g/mol. The average molecular weight is 342 g/mol. The molecule has 0 bridgehead atoms. The van der Waals surface area contributed by atoms with Crippen molar-refractivity contribution >= 4 is 21.8 Å². The Hall–Kier alpha value is -0.850. The number of likely N-dealkylation sites (tertiary alicyclic amines) is 1. The molecule has 1 amide bonds. The lowest BCUT2D eigenvalue weighted by Crippen LogP contribution is -2.49. The average Bonchev–Trinajstić information content (AvgIpc) is 3.06. The van der Waals surface area contributed by atoms with E-state index in [1.807, 2.05) is 17.9 Å². The Kier molecular flexibility index (Phi) is 4.14. The summed E-state index contributed by atoms with van der Waals surface area (Å²) in [5.74, 6) is 0.490. The molecule has 20 heavy (non-hydrogen) atoms. The zero-order valence-corrected chi connectivity index (χ0v) is 13.3. The summed E-state index contributed by atoms with van der Waals surface area (Å²) >= 11 is 3.28. The first-order chi connectivity index (χ1) is 9.65. The van der Waals surface area contributed by atoms with E-state index in [4.69, 9.17) is 4.42 Å². The molecule has 2 fully saturated rings. The summed E-state index contributed by atoms with van der Waals surface area (Å²) in [7, 11) is 0. The predicted molar refractivity (Wildman–Crippen MR) is 79.9 cm³/mol. The van der Waals surface area contributed by atoms with E-state index in [0.717, 1.165) is 51.3 Å². The van der Waals surface area contributed by atoms with Gasteiger partial charge in [-0.15, -0.1) is 0 Å². The molecule has 2 aliphatic heterocycles. The highest BCUT2D eigenvalue weighted by Gasteiger charge is 2.33. The summed E-state index contributed by atoms with van der Waals surface area (Å²) in [4.78, 5) is 16.9. The molecule has 0 spiro atoms. The van der Waals surface area contributed by atoms with Crippen molar-refractivity contribution in [1.29, 1.82) is 0 Å². The van der Waals surface area contributed by atoms with Crippen LogP contribution in [0.3, 0.4) is 0 Å². The van der Waals surface area contributed by atoms with Crippen LogP contribution in [0.1, 0.15) is 22.5 Å². The maximum Gasteiger partial charge on any atom is 0.289 e. The second-order valence-corrected chi connectivity index (χ2v) is 6.32. The molecule has 1 aromatic heterocycles. The SMILES string of the molecule is Cc1cc(Br)oc1C(=O)N1CCC(N2CCNCC2)C1. The number of amides is 1. The van der Waals surface area contributed by atoms with Crippen LogP contribution < -0.4 is 5.32 Å². The fourth-order valence-corrected chi connectivity index (χ4v) is 3.58. The number of hydrogen-bond acceptors (Lipinski definition) is 4. The molecule has 1 aromatic rings. The normalized spacial score (nSPS) is 24.3. The van der Waals surface area contributed by atoms with Crippen molar-refractivity contribution in [3.63, 3.8) is 0 Å². The quantitative estimate of drug-likeness (QED) is 0.884. The Bertz CT molecular complexity index is 497. The van der Waals surface area contributed by atoms with Crippen molar-refractivity contribution in [2.45, 2.75) is 19.4 Å². The summed E-state index contributed by atoms with van der Waals surface area (Å²) in [6.07, 6.45) is 1.06. The molecule has 1 atom stereocenters. The van der Waals surface area contributed by atoms with E-state index in [2.05, 4.69) is 26.1 Å². The van der Waals surface area contributed by atoms with Crippen molar-refractivity contribution in [3.8, 4) is 0 Å². The number of halogens is 1. The number of hydrogen-bond donors (Lipinski definition) is 1. The van der Waals surface area contributed by atoms with Crippen LogP contribution in [0.4, 0.5) is 0 Å². The Morgan fingerprint density at radius 3 is 2.80 bits per heavy atom. The molecule has 6 heteroatoms. The number of nitrogens with one attached hydrogen (secondary N) is 1. The lowest BCUT2D eigenvalue weighted by atomic mass is 10.2. The second kappa shape index (κ2) is 5.87. The number of furan rings is 1. The van der Waals surface area contributed by atoms with E-state index in [1.165, 1.54) is 0 Å². The van der Waals surface area contributed by atoms with E-state index in [0.29, 0.717) is 16.5 Å². The number of rotatable bonds is 2. The first-order valence-electron chi connectivity index (χ1n) is 7.15. The number of carbonyl (C=O) groups is 1. The van der Waals surface area contributed by atoms with Crippen molar-refractivity contribution in [1.82, 2.24) is 15.1 Å². The van der Waals surface area contributed by atoms with E-state index < -0.39 is 0 Å². The molecule has 1 N–H and O–H groups in total. The van der Waals surface area contributed by atoms with E-state index in [1.54, 1.807) is 0 Å². The van der Waals surface area contributed by atoms with Crippen molar-refractivity contribution in [2.75, 3.05) is 39.3 Å². The molecule has 2 saturated heterocycles. The van der Waals surface area contributed by atoms with Gasteiger partial charge in [-0.3, -0.25) is 9.69 Å². The predicted octanol–water partition coefficient (Wildman–Crippen LogP) is 1.47. The van der Waals surface area contributed by atoms with Gasteiger partial charge in [-0.05, 0) is 35.3 Å². The van der Waals surface area contributed by atoms with Gasteiger partial charge < -0.3 is 14.6 Å². The van der Waals surface area contributed by atoms with Gasteiger partial charge in [0.05, 0.1) is 0 Å². The van der Waals surface area contributed by atoms with Crippen molar-refractivity contribution in [2.24, 2.45) is 0 Å². The molecule has 0 radical (unpaired) electrons. The summed E-state index contributed by atoms with van der Waals surface area (Å²) in [6, 6.07) is 2.34. The van der Waals surface area contributed by atoms with E-state index >= 15 is 0 Å². The third-order valence-corrected chi connectivity index (χ3v) is 4.59. The third kappa shape index (κ3) is 2.77. The number of aryl methyl sites for hydroxylation is 1. The zero-order valence-electron chi connectivity index (χ0n) is 11.7. The zero-order chi connectivity index (χ0) is 14.1. The van der Waals surface area contributed by atoms with Crippen LogP contribution in [0.15, 0.2) is 15.2 Å². The smallest absolute Gasteiger partial charge is 0.289 e. The molecule has 0 aliphatic carbocycles. The Morgan fingerprint density at radius 1 is 1.40 bits per heavy atom. The first-order valence-corrected chi connectivity index (χ1v) is 7.94. The lowest BCUT2D eigenvalue weighted by Gasteiger charge is -2.32. The number of carbonyl (C=O) groups excluding carboxylic acids is 1. The molecular formula is C14H20BrN3O2. The molecule has 5 nitrogen and oxygen atoms in total.